The Hall–Kier alpha value is -3.18. The van der Waals surface area contributed by atoms with Gasteiger partial charge in [-0.05, 0) is 59.5 Å². The lowest BCUT2D eigenvalue weighted by atomic mass is 9.87. The number of hydrogen-bond donors (Lipinski definition) is 0. The van der Waals surface area contributed by atoms with Gasteiger partial charge in [-0.25, -0.2) is 4.79 Å². The van der Waals surface area contributed by atoms with Crippen LogP contribution in [-0.4, -0.2) is 19.9 Å². The van der Waals surface area contributed by atoms with Gasteiger partial charge in [-0.2, -0.15) is 0 Å². The van der Waals surface area contributed by atoms with Crippen molar-refractivity contribution in [1.82, 2.24) is 0 Å². The first kappa shape index (κ1) is 23.5. The lowest BCUT2D eigenvalue weighted by molar-refractivity contribution is -0.149. The van der Waals surface area contributed by atoms with E-state index < -0.39 is 12.1 Å². The zero-order chi connectivity index (χ0) is 23.1. The monoisotopic (exact) mass is 454 g/mol. The Morgan fingerprint density at radius 3 is 1.81 bits per heavy atom. The number of carbonyl (C=O) groups is 1. The molecule has 0 spiro atoms. The standard InChI is InChI=1S/C26H27ClO5/c1-26(2,3)19-7-13-23(14-8-19)32-24(25(28)29-4)18-5-11-21(12-6-18)30-17-31-22-15-9-20(27)10-16-22/h5-16,24H,17H2,1-4H3. The fourth-order valence-electron chi connectivity index (χ4n) is 2.96. The molecule has 0 saturated carbocycles. The molecule has 32 heavy (non-hydrogen) atoms. The molecule has 3 aromatic rings. The maximum Gasteiger partial charge on any atom is 0.351 e. The molecule has 6 heteroatoms. The molecule has 1 unspecified atom stereocenters. The highest BCUT2D eigenvalue weighted by Crippen LogP contribution is 2.28. The quantitative estimate of drug-likeness (QED) is 0.293. The van der Waals surface area contributed by atoms with Gasteiger partial charge in [-0.1, -0.05) is 56.6 Å². The van der Waals surface area contributed by atoms with Gasteiger partial charge in [0, 0.05) is 10.6 Å². The van der Waals surface area contributed by atoms with Crippen LogP contribution in [0.15, 0.2) is 72.8 Å². The van der Waals surface area contributed by atoms with E-state index in [4.69, 9.17) is 30.5 Å². The highest BCUT2D eigenvalue weighted by atomic mass is 35.5. The van der Waals surface area contributed by atoms with Crippen LogP contribution in [0.25, 0.3) is 0 Å². The zero-order valence-electron chi connectivity index (χ0n) is 18.6. The Kier molecular flexibility index (Phi) is 7.65. The van der Waals surface area contributed by atoms with Gasteiger partial charge in [0.1, 0.15) is 17.2 Å². The molecular weight excluding hydrogens is 428 g/mol. The van der Waals surface area contributed by atoms with Crippen LogP contribution in [0, 0.1) is 0 Å². The summed E-state index contributed by atoms with van der Waals surface area (Å²) in [7, 11) is 1.34. The van der Waals surface area contributed by atoms with Gasteiger partial charge in [-0.15, -0.1) is 0 Å². The molecule has 0 aromatic heterocycles. The van der Waals surface area contributed by atoms with E-state index in [0.717, 1.165) is 0 Å². The van der Waals surface area contributed by atoms with Gasteiger partial charge in [-0.3, -0.25) is 0 Å². The number of esters is 1. The summed E-state index contributed by atoms with van der Waals surface area (Å²) < 4.78 is 22.0. The van der Waals surface area contributed by atoms with Crippen LogP contribution in [0.5, 0.6) is 17.2 Å². The van der Waals surface area contributed by atoms with Crippen LogP contribution in [0.4, 0.5) is 0 Å². The molecular formula is C26H27ClO5. The third-order valence-corrected chi connectivity index (χ3v) is 5.09. The molecule has 0 aliphatic rings. The molecule has 0 radical (unpaired) electrons. The summed E-state index contributed by atoms with van der Waals surface area (Å²) in [5, 5.41) is 0.640. The van der Waals surface area contributed by atoms with Gasteiger partial charge >= 0.3 is 5.97 Å². The second-order valence-electron chi connectivity index (χ2n) is 8.22. The van der Waals surface area contributed by atoms with Crippen molar-refractivity contribution in [2.45, 2.75) is 32.3 Å². The molecule has 3 aromatic carbocycles. The number of halogens is 1. The highest BCUT2D eigenvalue weighted by Gasteiger charge is 2.24. The SMILES string of the molecule is COC(=O)C(Oc1ccc(C(C)(C)C)cc1)c1ccc(OCOc2ccc(Cl)cc2)cc1. The Morgan fingerprint density at radius 1 is 0.812 bits per heavy atom. The van der Waals surface area contributed by atoms with Crippen molar-refractivity contribution in [2.75, 3.05) is 13.9 Å². The maximum atomic E-state index is 12.4. The summed E-state index contributed by atoms with van der Waals surface area (Å²) >= 11 is 5.86. The fourth-order valence-corrected chi connectivity index (χ4v) is 3.09. The third-order valence-electron chi connectivity index (χ3n) is 4.84. The molecule has 0 aliphatic carbocycles. The van der Waals surface area contributed by atoms with Crippen molar-refractivity contribution in [2.24, 2.45) is 0 Å². The molecule has 5 nitrogen and oxygen atoms in total. The fraction of sp³-hybridized carbons (Fsp3) is 0.269. The molecule has 0 amide bonds. The molecule has 0 fully saturated rings. The van der Waals surface area contributed by atoms with E-state index in [9.17, 15) is 4.79 Å². The summed E-state index contributed by atoms with van der Waals surface area (Å²) in [6.07, 6.45) is -0.889. The number of rotatable bonds is 8. The van der Waals surface area contributed by atoms with Crippen molar-refractivity contribution >= 4 is 17.6 Å². The van der Waals surface area contributed by atoms with Crippen molar-refractivity contribution < 1.29 is 23.7 Å². The second-order valence-corrected chi connectivity index (χ2v) is 8.66. The summed E-state index contributed by atoms with van der Waals surface area (Å²) in [6.45, 7) is 6.47. The van der Waals surface area contributed by atoms with Crippen LogP contribution in [0.3, 0.4) is 0 Å². The van der Waals surface area contributed by atoms with Crippen molar-refractivity contribution in [1.29, 1.82) is 0 Å². The molecule has 0 aliphatic heterocycles. The minimum atomic E-state index is -0.889. The van der Waals surface area contributed by atoms with Gasteiger partial charge in [0.2, 0.25) is 12.9 Å². The first-order valence-electron chi connectivity index (χ1n) is 10.2. The van der Waals surface area contributed by atoms with Gasteiger partial charge in [0.05, 0.1) is 7.11 Å². The van der Waals surface area contributed by atoms with Crippen LogP contribution in [0.2, 0.25) is 5.02 Å². The van der Waals surface area contributed by atoms with E-state index >= 15 is 0 Å². The molecule has 3 rings (SSSR count). The number of methoxy groups -OCH3 is 1. The molecule has 0 bridgehead atoms. The summed E-state index contributed by atoms with van der Waals surface area (Å²) in [5.41, 5.74) is 1.87. The topological polar surface area (TPSA) is 54.0 Å². The van der Waals surface area contributed by atoms with E-state index in [1.54, 1.807) is 48.5 Å². The molecule has 168 valence electrons. The Morgan fingerprint density at radius 2 is 1.31 bits per heavy atom. The summed E-state index contributed by atoms with van der Waals surface area (Å²) in [6, 6.07) is 21.8. The van der Waals surface area contributed by atoms with E-state index in [0.29, 0.717) is 27.8 Å². The summed E-state index contributed by atoms with van der Waals surface area (Å²) in [4.78, 5) is 12.4. The number of carbonyl (C=O) groups excluding carboxylic acids is 1. The minimum absolute atomic E-state index is 0.0351. The van der Waals surface area contributed by atoms with E-state index in [1.807, 2.05) is 24.3 Å². The molecule has 0 N–H and O–H groups in total. The first-order chi connectivity index (χ1) is 15.3. The lowest BCUT2D eigenvalue weighted by Crippen LogP contribution is -2.20. The number of benzene rings is 3. The smallest absolute Gasteiger partial charge is 0.351 e. The minimum Gasteiger partial charge on any atom is -0.474 e. The number of hydrogen-bond acceptors (Lipinski definition) is 5. The van der Waals surface area contributed by atoms with E-state index in [-0.39, 0.29) is 12.2 Å². The Labute approximate surface area is 193 Å². The highest BCUT2D eigenvalue weighted by molar-refractivity contribution is 6.30. The number of ether oxygens (including phenoxy) is 4. The van der Waals surface area contributed by atoms with Crippen molar-refractivity contribution in [3.63, 3.8) is 0 Å². The zero-order valence-corrected chi connectivity index (χ0v) is 19.4. The Bertz CT molecular complexity index is 1010. The normalized spacial score (nSPS) is 12.0. The predicted octanol–water partition coefficient (Wildman–Crippen LogP) is 6.35. The van der Waals surface area contributed by atoms with E-state index in [2.05, 4.69) is 20.8 Å². The Balaban J connectivity index is 1.64. The second kappa shape index (κ2) is 10.4. The van der Waals surface area contributed by atoms with Crippen LogP contribution in [0.1, 0.15) is 38.0 Å². The van der Waals surface area contributed by atoms with E-state index in [1.165, 1.54) is 12.7 Å². The average molecular weight is 455 g/mol. The molecule has 0 heterocycles. The maximum absolute atomic E-state index is 12.4. The molecule has 0 saturated heterocycles. The van der Waals surface area contributed by atoms with Crippen LogP contribution >= 0.6 is 11.6 Å². The average Bonchev–Trinajstić information content (AvgIpc) is 2.78. The predicted molar refractivity (Wildman–Crippen MR) is 125 cm³/mol. The van der Waals surface area contributed by atoms with Crippen molar-refractivity contribution in [3.05, 3.63) is 88.9 Å². The molecule has 1 atom stereocenters. The van der Waals surface area contributed by atoms with Crippen molar-refractivity contribution in [3.8, 4) is 17.2 Å². The van der Waals surface area contributed by atoms with Gasteiger partial charge in [0.15, 0.2) is 0 Å². The lowest BCUT2D eigenvalue weighted by Gasteiger charge is -2.21. The van der Waals surface area contributed by atoms with Crippen LogP contribution in [-0.2, 0) is 14.9 Å². The third kappa shape index (κ3) is 6.41. The largest absolute Gasteiger partial charge is 0.474 e. The van der Waals surface area contributed by atoms with Crippen LogP contribution < -0.4 is 14.2 Å². The summed E-state index contributed by atoms with van der Waals surface area (Å²) in [5.74, 6) is 1.36. The van der Waals surface area contributed by atoms with Gasteiger partial charge < -0.3 is 18.9 Å². The first-order valence-corrected chi connectivity index (χ1v) is 10.6. The van der Waals surface area contributed by atoms with Gasteiger partial charge in [0.25, 0.3) is 0 Å².